The molecular weight excluding hydrogens is 386 g/mol. The van der Waals surface area contributed by atoms with Crippen LogP contribution in [0.2, 0.25) is 0 Å². The van der Waals surface area contributed by atoms with Crippen molar-refractivity contribution in [2.75, 3.05) is 57.3 Å². The molecular formula is C24H37N7. The fourth-order valence-corrected chi connectivity index (χ4v) is 4.70. The van der Waals surface area contributed by atoms with E-state index in [1.165, 1.54) is 11.3 Å². The van der Waals surface area contributed by atoms with Crippen LogP contribution in [-0.4, -0.2) is 83.9 Å². The first kappa shape index (κ1) is 21.7. The summed E-state index contributed by atoms with van der Waals surface area (Å²) in [4.78, 5) is 12.5. The van der Waals surface area contributed by atoms with E-state index in [-0.39, 0.29) is 0 Å². The lowest BCUT2D eigenvalue weighted by molar-refractivity contribution is 0.201. The Labute approximate surface area is 186 Å². The Morgan fingerprint density at radius 2 is 1.94 bits per heavy atom. The van der Waals surface area contributed by atoms with Crippen LogP contribution >= 0.6 is 0 Å². The predicted molar refractivity (Wildman–Crippen MR) is 128 cm³/mol. The molecule has 7 heteroatoms. The van der Waals surface area contributed by atoms with Gasteiger partial charge >= 0.3 is 0 Å². The van der Waals surface area contributed by atoms with Gasteiger partial charge in [-0.25, -0.2) is 0 Å². The van der Waals surface area contributed by atoms with Crippen LogP contribution in [0.25, 0.3) is 0 Å². The van der Waals surface area contributed by atoms with Gasteiger partial charge in [-0.15, -0.1) is 0 Å². The van der Waals surface area contributed by atoms with Crippen LogP contribution < -0.4 is 10.2 Å². The highest BCUT2D eigenvalue weighted by Crippen LogP contribution is 2.26. The minimum absolute atomic E-state index is 0.448. The molecule has 2 aliphatic rings. The van der Waals surface area contributed by atoms with Gasteiger partial charge in [0.1, 0.15) is 0 Å². The summed E-state index contributed by atoms with van der Waals surface area (Å²) in [5.41, 5.74) is 2.67. The first-order valence-electron chi connectivity index (χ1n) is 11.7. The average molecular weight is 424 g/mol. The third-order valence-corrected chi connectivity index (χ3v) is 6.58. The Morgan fingerprint density at radius 1 is 1.16 bits per heavy atom. The number of para-hydroxylation sites is 1. The number of guanidine groups is 1. The fraction of sp³-hybridized carbons (Fsp3) is 0.583. The average Bonchev–Trinajstić information content (AvgIpc) is 3.46. The molecule has 7 nitrogen and oxygen atoms in total. The van der Waals surface area contributed by atoms with E-state index in [1.807, 2.05) is 17.9 Å². The summed E-state index contributed by atoms with van der Waals surface area (Å²) in [5.74, 6) is 1.60. The van der Waals surface area contributed by atoms with E-state index in [0.29, 0.717) is 12.0 Å². The maximum Gasteiger partial charge on any atom is 0.193 e. The Kier molecular flexibility index (Phi) is 7.12. The Morgan fingerprint density at radius 3 is 2.61 bits per heavy atom. The lowest BCUT2D eigenvalue weighted by atomic mass is 10.0. The van der Waals surface area contributed by atoms with E-state index in [0.717, 1.165) is 64.7 Å². The van der Waals surface area contributed by atoms with Crippen molar-refractivity contribution in [2.45, 2.75) is 32.2 Å². The highest BCUT2D eigenvalue weighted by atomic mass is 15.3. The molecule has 2 aliphatic heterocycles. The SMILES string of the molecule is CCNC(=NCC(C)N1CCN(c2ccccc2)CC1)N1CCC(c2cnn(C)c2)C1. The van der Waals surface area contributed by atoms with Gasteiger partial charge in [0.15, 0.2) is 5.96 Å². The maximum atomic E-state index is 5.04. The third-order valence-electron chi connectivity index (χ3n) is 6.58. The van der Waals surface area contributed by atoms with Crippen LogP contribution in [0, 0.1) is 0 Å². The topological polar surface area (TPSA) is 51.9 Å². The van der Waals surface area contributed by atoms with Gasteiger partial charge in [0.25, 0.3) is 0 Å². The summed E-state index contributed by atoms with van der Waals surface area (Å²) in [6, 6.07) is 11.2. The van der Waals surface area contributed by atoms with E-state index >= 15 is 0 Å². The zero-order valence-corrected chi connectivity index (χ0v) is 19.2. The number of aliphatic imine (C=N–C) groups is 1. The summed E-state index contributed by atoms with van der Waals surface area (Å²) >= 11 is 0. The van der Waals surface area contributed by atoms with Crippen LogP contribution in [0.3, 0.4) is 0 Å². The minimum Gasteiger partial charge on any atom is -0.369 e. The van der Waals surface area contributed by atoms with Crippen molar-refractivity contribution in [1.29, 1.82) is 0 Å². The first-order valence-corrected chi connectivity index (χ1v) is 11.7. The summed E-state index contributed by atoms with van der Waals surface area (Å²) in [5, 5.41) is 7.86. The summed E-state index contributed by atoms with van der Waals surface area (Å²) in [6.07, 6.45) is 5.32. The van der Waals surface area contributed by atoms with Crippen molar-refractivity contribution >= 4 is 11.6 Å². The Balaban J connectivity index is 1.30. The van der Waals surface area contributed by atoms with Crippen LogP contribution in [-0.2, 0) is 7.05 Å². The molecule has 4 rings (SSSR count). The number of aryl methyl sites for hydroxylation is 1. The van der Waals surface area contributed by atoms with Crippen molar-refractivity contribution in [3.8, 4) is 0 Å². The van der Waals surface area contributed by atoms with Crippen molar-refractivity contribution in [1.82, 2.24) is 24.9 Å². The smallest absolute Gasteiger partial charge is 0.193 e. The van der Waals surface area contributed by atoms with E-state index in [1.54, 1.807) is 0 Å². The van der Waals surface area contributed by atoms with E-state index < -0.39 is 0 Å². The summed E-state index contributed by atoms with van der Waals surface area (Å²) in [7, 11) is 1.99. The maximum absolute atomic E-state index is 5.04. The predicted octanol–water partition coefficient (Wildman–Crippen LogP) is 2.39. The van der Waals surface area contributed by atoms with Gasteiger partial charge in [0, 0.05) is 76.7 Å². The van der Waals surface area contributed by atoms with Gasteiger partial charge in [0.2, 0.25) is 0 Å². The highest BCUT2D eigenvalue weighted by Gasteiger charge is 2.27. The number of benzene rings is 1. The van der Waals surface area contributed by atoms with Crippen molar-refractivity contribution in [3.63, 3.8) is 0 Å². The van der Waals surface area contributed by atoms with Gasteiger partial charge in [-0.1, -0.05) is 18.2 Å². The summed E-state index contributed by atoms with van der Waals surface area (Å²) in [6.45, 7) is 12.6. The van der Waals surface area contributed by atoms with Crippen molar-refractivity contribution in [2.24, 2.45) is 12.0 Å². The number of nitrogens with one attached hydrogen (secondary N) is 1. The monoisotopic (exact) mass is 423 g/mol. The number of piperazine rings is 1. The molecule has 0 bridgehead atoms. The van der Waals surface area contributed by atoms with Gasteiger partial charge in [-0.05, 0) is 38.0 Å². The normalized spacial score (nSPS) is 21.5. The molecule has 0 saturated carbocycles. The molecule has 3 heterocycles. The molecule has 2 saturated heterocycles. The quantitative estimate of drug-likeness (QED) is 0.571. The second-order valence-corrected chi connectivity index (χ2v) is 8.78. The lowest BCUT2D eigenvalue weighted by Gasteiger charge is -2.38. The molecule has 0 radical (unpaired) electrons. The molecule has 1 aromatic carbocycles. The molecule has 168 valence electrons. The van der Waals surface area contributed by atoms with Crippen LogP contribution in [0.4, 0.5) is 5.69 Å². The highest BCUT2D eigenvalue weighted by molar-refractivity contribution is 5.80. The van der Waals surface area contributed by atoms with Gasteiger partial charge in [-0.2, -0.15) is 5.10 Å². The second-order valence-electron chi connectivity index (χ2n) is 8.78. The number of hydrogen-bond donors (Lipinski definition) is 1. The van der Waals surface area contributed by atoms with Gasteiger partial charge in [0.05, 0.1) is 12.7 Å². The lowest BCUT2D eigenvalue weighted by Crippen LogP contribution is -2.50. The number of likely N-dealkylation sites (tertiary alicyclic amines) is 1. The Hall–Kier alpha value is -2.54. The van der Waals surface area contributed by atoms with Gasteiger partial charge in [-0.3, -0.25) is 14.6 Å². The number of rotatable bonds is 6. The second kappa shape index (κ2) is 10.2. The molecule has 1 N–H and O–H groups in total. The summed E-state index contributed by atoms with van der Waals surface area (Å²) < 4.78 is 1.90. The molecule has 2 atom stereocenters. The zero-order chi connectivity index (χ0) is 21.6. The molecule has 2 aromatic rings. The van der Waals surface area contributed by atoms with E-state index in [2.05, 4.69) is 75.5 Å². The van der Waals surface area contributed by atoms with Crippen LogP contribution in [0.5, 0.6) is 0 Å². The van der Waals surface area contributed by atoms with Crippen molar-refractivity contribution in [3.05, 3.63) is 48.3 Å². The molecule has 0 aliphatic carbocycles. The number of anilines is 1. The van der Waals surface area contributed by atoms with E-state index in [4.69, 9.17) is 4.99 Å². The molecule has 0 spiro atoms. The number of hydrogen-bond acceptors (Lipinski definition) is 4. The minimum atomic E-state index is 0.448. The van der Waals surface area contributed by atoms with Crippen molar-refractivity contribution < 1.29 is 0 Å². The molecule has 31 heavy (non-hydrogen) atoms. The van der Waals surface area contributed by atoms with Crippen LogP contribution in [0.1, 0.15) is 31.7 Å². The zero-order valence-electron chi connectivity index (χ0n) is 19.2. The molecule has 1 aromatic heterocycles. The molecule has 2 fully saturated rings. The fourth-order valence-electron chi connectivity index (χ4n) is 4.70. The van der Waals surface area contributed by atoms with Gasteiger partial charge < -0.3 is 15.1 Å². The molecule has 0 amide bonds. The molecule has 2 unspecified atom stereocenters. The Bertz CT molecular complexity index is 839. The third kappa shape index (κ3) is 5.39. The van der Waals surface area contributed by atoms with Crippen LogP contribution in [0.15, 0.2) is 47.7 Å². The standard InChI is InChI=1S/C24H37N7/c1-4-25-24(31-11-10-21(19-31)22-17-27-28(3)18-22)26-16-20(2)29-12-14-30(15-13-29)23-8-6-5-7-9-23/h5-9,17-18,20-21H,4,10-16,19H2,1-3H3,(H,25,26). The number of aromatic nitrogens is 2. The number of nitrogens with zero attached hydrogens (tertiary/aromatic N) is 6. The van der Waals surface area contributed by atoms with E-state index in [9.17, 15) is 0 Å². The first-order chi connectivity index (χ1) is 15.1. The largest absolute Gasteiger partial charge is 0.369 e.